The van der Waals surface area contributed by atoms with Crippen LogP contribution >= 0.6 is 0 Å². The number of sulfonamides is 1. The fourth-order valence-electron chi connectivity index (χ4n) is 3.35. The molecule has 0 heterocycles. The lowest BCUT2D eigenvalue weighted by molar-refractivity contribution is 0.0935. The molecule has 6 heteroatoms. The molecule has 5 nitrogen and oxygen atoms in total. The van der Waals surface area contributed by atoms with Gasteiger partial charge >= 0.3 is 0 Å². The van der Waals surface area contributed by atoms with E-state index in [2.05, 4.69) is 10.0 Å². The summed E-state index contributed by atoms with van der Waals surface area (Å²) < 4.78 is 28.1. The van der Waals surface area contributed by atoms with Crippen molar-refractivity contribution in [1.29, 1.82) is 0 Å². The number of rotatable bonds is 7. The van der Waals surface area contributed by atoms with Crippen LogP contribution in [0.25, 0.3) is 0 Å². The first-order chi connectivity index (χ1) is 14.3. The van der Waals surface area contributed by atoms with Crippen molar-refractivity contribution >= 4 is 21.6 Å². The van der Waals surface area contributed by atoms with Crippen LogP contribution in [0.5, 0.6) is 0 Å². The summed E-state index contributed by atoms with van der Waals surface area (Å²) in [6, 6.07) is 21.0. The van der Waals surface area contributed by atoms with Crippen molar-refractivity contribution in [3.63, 3.8) is 0 Å². The van der Waals surface area contributed by atoms with E-state index in [0.29, 0.717) is 11.3 Å². The molecule has 156 valence electrons. The summed E-state index contributed by atoms with van der Waals surface area (Å²) in [5, 5.41) is 3.02. The number of carbonyl (C=O) groups excluding carboxylic acids is 1. The van der Waals surface area contributed by atoms with E-state index >= 15 is 0 Å². The topological polar surface area (TPSA) is 75.3 Å². The third-order valence-electron chi connectivity index (χ3n) is 4.95. The zero-order chi connectivity index (χ0) is 21.7. The number of anilines is 1. The Hall–Kier alpha value is -3.12. The van der Waals surface area contributed by atoms with Crippen LogP contribution in [0.2, 0.25) is 0 Å². The first-order valence-corrected chi connectivity index (χ1v) is 11.3. The minimum atomic E-state index is -3.81. The quantitative estimate of drug-likeness (QED) is 0.563. The minimum Gasteiger partial charge on any atom is -0.345 e. The molecule has 0 spiro atoms. The number of aryl methyl sites for hydroxylation is 2. The molecular weight excluding hydrogens is 396 g/mol. The second kappa shape index (κ2) is 9.13. The van der Waals surface area contributed by atoms with Gasteiger partial charge in [-0.15, -0.1) is 0 Å². The molecule has 1 atom stereocenters. The minimum absolute atomic E-state index is 0.0422. The molecule has 0 bridgehead atoms. The van der Waals surface area contributed by atoms with Gasteiger partial charge in [0.15, 0.2) is 0 Å². The summed E-state index contributed by atoms with van der Waals surface area (Å²) in [5.74, 6) is -0.308. The van der Waals surface area contributed by atoms with Crippen LogP contribution in [0.1, 0.15) is 46.4 Å². The fourth-order valence-corrected chi connectivity index (χ4v) is 4.44. The highest BCUT2D eigenvalue weighted by Gasteiger charge is 2.19. The predicted molar refractivity (Wildman–Crippen MR) is 120 cm³/mol. The first kappa shape index (κ1) is 21.6. The maximum atomic E-state index is 12.9. The average Bonchev–Trinajstić information content (AvgIpc) is 2.72. The largest absolute Gasteiger partial charge is 0.345 e. The van der Waals surface area contributed by atoms with Crippen LogP contribution in [0.3, 0.4) is 0 Å². The highest BCUT2D eigenvalue weighted by atomic mass is 32.2. The molecule has 0 aliphatic rings. The van der Waals surface area contributed by atoms with E-state index in [9.17, 15) is 13.2 Å². The number of benzene rings is 3. The van der Waals surface area contributed by atoms with Gasteiger partial charge < -0.3 is 5.32 Å². The standard InChI is InChI=1S/C24H26N2O3S/c1-4-23(22-14-6-5-10-18(22)3)25-24(27)19-11-8-13-21(16-19)30(28,29)26-20-12-7-9-17(2)15-20/h5-16,23,26H,4H2,1-3H3,(H,25,27)/t23-/m1/s1. The number of nitrogens with one attached hydrogen (secondary N) is 2. The van der Waals surface area contributed by atoms with Crippen molar-refractivity contribution in [3.8, 4) is 0 Å². The van der Waals surface area contributed by atoms with Gasteiger partial charge in [0.05, 0.1) is 10.9 Å². The summed E-state index contributed by atoms with van der Waals surface area (Å²) >= 11 is 0. The maximum Gasteiger partial charge on any atom is 0.261 e. The Labute approximate surface area is 178 Å². The summed E-state index contributed by atoms with van der Waals surface area (Å²) in [6.45, 7) is 5.90. The Bertz CT molecular complexity index is 1160. The highest BCUT2D eigenvalue weighted by molar-refractivity contribution is 7.92. The van der Waals surface area contributed by atoms with Crippen molar-refractivity contribution in [1.82, 2.24) is 5.32 Å². The molecule has 0 aliphatic carbocycles. The van der Waals surface area contributed by atoms with Crippen LogP contribution in [-0.4, -0.2) is 14.3 Å². The smallest absolute Gasteiger partial charge is 0.261 e. The van der Waals surface area contributed by atoms with Gasteiger partial charge in [0.25, 0.3) is 15.9 Å². The lowest BCUT2D eigenvalue weighted by atomic mass is 9.99. The van der Waals surface area contributed by atoms with E-state index in [-0.39, 0.29) is 16.8 Å². The van der Waals surface area contributed by atoms with Crippen LogP contribution in [0.4, 0.5) is 5.69 Å². The summed E-state index contributed by atoms with van der Waals surface area (Å²) in [6.07, 6.45) is 0.726. The van der Waals surface area contributed by atoms with Crippen molar-refractivity contribution < 1.29 is 13.2 Å². The summed E-state index contributed by atoms with van der Waals surface area (Å²) in [4.78, 5) is 12.9. The predicted octanol–water partition coefficient (Wildman–Crippen LogP) is 4.99. The zero-order valence-corrected chi connectivity index (χ0v) is 18.2. The first-order valence-electron chi connectivity index (χ1n) is 9.86. The van der Waals surface area contributed by atoms with E-state index in [1.54, 1.807) is 30.3 Å². The van der Waals surface area contributed by atoms with Crippen LogP contribution in [-0.2, 0) is 10.0 Å². The van der Waals surface area contributed by atoms with E-state index in [0.717, 1.165) is 23.1 Å². The maximum absolute atomic E-state index is 12.9. The third kappa shape index (κ3) is 5.07. The van der Waals surface area contributed by atoms with Gasteiger partial charge in [0, 0.05) is 11.3 Å². The van der Waals surface area contributed by atoms with Gasteiger partial charge in [-0.25, -0.2) is 8.42 Å². The number of hydrogen-bond acceptors (Lipinski definition) is 3. The fraction of sp³-hybridized carbons (Fsp3) is 0.208. The van der Waals surface area contributed by atoms with Crippen molar-refractivity contribution in [2.24, 2.45) is 0 Å². The molecule has 0 saturated heterocycles. The molecule has 0 radical (unpaired) electrons. The van der Waals surface area contributed by atoms with E-state index in [1.165, 1.54) is 12.1 Å². The molecule has 3 aromatic carbocycles. The molecule has 3 rings (SSSR count). The number of carbonyl (C=O) groups is 1. The van der Waals surface area contributed by atoms with Crippen LogP contribution < -0.4 is 10.0 Å². The van der Waals surface area contributed by atoms with Gasteiger partial charge in [0.2, 0.25) is 0 Å². The van der Waals surface area contributed by atoms with Crippen molar-refractivity contribution in [2.75, 3.05) is 4.72 Å². The highest BCUT2D eigenvalue weighted by Crippen LogP contribution is 2.22. The summed E-state index contributed by atoms with van der Waals surface area (Å²) in [7, 11) is -3.81. The number of amides is 1. The molecule has 0 aromatic heterocycles. The molecule has 0 unspecified atom stereocenters. The second-order valence-electron chi connectivity index (χ2n) is 7.29. The molecule has 2 N–H and O–H groups in total. The Morgan fingerprint density at radius 3 is 2.37 bits per heavy atom. The van der Waals surface area contributed by atoms with Crippen molar-refractivity contribution in [2.45, 2.75) is 38.1 Å². The second-order valence-corrected chi connectivity index (χ2v) is 8.98. The van der Waals surface area contributed by atoms with Gasteiger partial charge in [-0.3, -0.25) is 9.52 Å². The van der Waals surface area contributed by atoms with Crippen molar-refractivity contribution in [3.05, 3.63) is 95.1 Å². The molecule has 1 amide bonds. The summed E-state index contributed by atoms with van der Waals surface area (Å²) in [5.41, 5.74) is 3.89. The molecule has 0 saturated carbocycles. The Balaban J connectivity index is 1.82. The lowest BCUT2D eigenvalue weighted by Crippen LogP contribution is -2.28. The lowest BCUT2D eigenvalue weighted by Gasteiger charge is -2.19. The zero-order valence-electron chi connectivity index (χ0n) is 17.3. The molecular formula is C24H26N2O3S. The Morgan fingerprint density at radius 1 is 0.933 bits per heavy atom. The van der Waals surface area contributed by atoms with Gasteiger partial charge in [-0.2, -0.15) is 0 Å². The van der Waals surface area contributed by atoms with Gasteiger partial charge in [-0.1, -0.05) is 49.4 Å². The SMILES string of the molecule is CC[C@@H](NC(=O)c1cccc(S(=O)(=O)Nc2cccc(C)c2)c1)c1ccccc1C. The molecule has 0 aliphatic heterocycles. The number of hydrogen-bond donors (Lipinski definition) is 2. The third-order valence-corrected chi connectivity index (χ3v) is 6.33. The molecule has 0 fully saturated rings. The van der Waals surface area contributed by atoms with Gasteiger partial charge in [0.1, 0.15) is 0 Å². The van der Waals surface area contributed by atoms with Crippen LogP contribution in [0.15, 0.2) is 77.7 Å². The Kier molecular flexibility index (Phi) is 6.57. The average molecular weight is 423 g/mol. The van der Waals surface area contributed by atoms with E-state index in [4.69, 9.17) is 0 Å². The molecule has 3 aromatic rings. The monoisotopic (exact) mass is 422 g/mol. The van der Waals surface area contributed by atoms with E-state index in [1.807, 2.05) is 51.1 Å². The normalized spacial score (nSPS) is 12.2. The van der Waals surface area contributed by atoms with Gasteiger partial charge in [-0.05, 0) is 67.3 Å². The molecule has 30 heavy (non-hydrogen) atoms. The Morgan fingerprint density at radius 2 is 1.67 bits per heavy atom. The van der Waals surface area contributed by atoms with E-state index < -0.39 is 10.0 Å². The van der Waals surface area contributed by atoms with Crippen LogP contribution in [0, 0.1) is 13.8 Å².